The Kier molecular flexibility index (Phi) is 10.8. The molecule has 1 aromatic carbocycles. The monoisotopic (exact) mass is 864 g/mol. The summed E-state index contributed by atoms with van der Waals surface area (Å²) in [5.41, 5.74) is 1.78. The molecule has 2 bridgehead atoms. The van der Waals surface area contributed by atoms with Gasteiger partial charge in [0, 0.05) is 72.2 Å². The number of likely N-dealkylation sites (tertiary alicyclic amines) is 1. The first-order chi connectivity index (χ1) is 30.5. The van der Waals surface area contributed by atoms with E-state index in [0.717, 1.165) is 82.1 Å². The number of para-hydroxylation sites is 1. The molecule has 8 heterocycles. The molecule has 3 atom stereocenters. The standard InChI is InChI=1S/C44H50F2N12O5/c1-51-37(59)13-12-35(43(51)61)58-34-7-3-5-28(39(34)52(2)44(58)62)6-4-15-53-17-19-54(20-18-53)23-27-8-10-29(11-9-27)57-25-33(38(50-57)40(45)46)48-42(60)32-22-47-56-16-14-36(49-41(32)56)55-24-31-21-30(55)26-63-31/h3,5,7,14,16,22,25,27,29-31,35,40H,8-13,15,17-21,23-24,26H2,1-2H3,(H,48,60)/t27-,29-,30-,31-,35?/m1/s1. The van der Waals surface area contributed by atoms with Crippen molar-refractivity contribution in [2.24, 2.45) is 13.0 Å². The quantitative estimate of drug-likeness (QED) is 0.171. The first-order valence-electron chi connectivity index (χ1n) is 21.9. The van der Waals surface area contributed by atoms with Crippen molar-refractivity contribution in [1.82, 2.24) is 48.2 Å². The van der Waals surface area contributed by atoms with Gasteiger partial charge in [0.1, 0.15) is 17.4 Å². The van der Waals surface area contributed by atoms with Crippen LogP contribution in [-0.2, 0) is 21.4 Å². The van der Waals surface area contributed by atoms with E-state index in [-0.39, 0.29) is 59.8 Å². The van der Waals surface area contributed by atoms with Crippen LogP contribution in [0.4, 0.5) is 20.3 Å². The molecule has 10 rings (SSSR count). The summed E-state index contributed by atoms with van der Waals surface area (Å²) in [7, 11) is 3.15. The number of carbonyl (C=O) groups is 3. The minimum absolute atomic E-state index is 0.00818. The van der Waals surface area contributed by atoms with E-state index < -0.39 is 24.1 Å². The lowest BCUT2D eigenvalue weighted by Crippen LogP contribution is -2.48. The second kappa shape index (κ2) is 16.6. The average Bonchev–Trinajstić information content (AvgIpc) is 4.14. The Balaban J connectivity index is 0.719. The molecule has 1 N–H and O–H groups in total. The number of halogens is 2. The van der Waals surface area contributed by atoms with E-state index in [4.69, 9.17) is 9.72 Å². The van der Waals surface area contributed by atoms with Crippen molar-refractivity contribution in [1.29, 1.82) is 0 Å². The third kappa shape index (κ3) is 7.67. The second-order valence-corrected chi connectivity index (χ2v) is 17.6. The number of imidazole rings is 1. The summed E-state index contributed by atoms with van der Waals surface area (Å²) in [6, 6.07) is 6.87. The number of amides is 3. The number of aromatic nitrogens is 7. The number of likely N-dealkylation sites (N-methyl/N-ethyl adjacent to an activating group) is 1. The van der Waals surface area contributed by atoms with Crippen LogP contribution in [-0.4, -0.2) is 138 Å². The number of benzene rings is 1. The molecule has 3 amide bonds. The summed E-state index contributed by atoms with van der Waals surface area (Å²) >= 11 is 0. The number of nitrogens with one attached hydrogen (secondary N) is 1. The highest BCUT2D eigenvalue weighted by atomic mass is 19.3. The lowest BCUT2D eigenvalue weighted by Gasteiger charge is -2.37. The number of imide groups is 1. The largest absolute Gasteiger partial charge is 0.374 e. The van der Waals surface area contributed by atoms with Gasteiger partial charge < -0.3 is 19.9 Å². The number of piperidine rings is 1. The van der Waals surface area contributed by atoms with Crippen LogP contribution in [0.25, 0.3) is 16.7 Å². The SMILES string of the molecule is CN1C(=O)CCC(n2c(=O)n(C)c3c(C#CCN4CCN(C[C@H]5CC[C@H](n6cc(NC(=O)c7cnn8ccc(N9C[C@H]%10C[C@@H]9CO%10)nc78)c(C(F)F)n6)CC5)CC4)cccc32)C1=O. The molecule has 5 fully saturated rings. The zero-order valence-corrected chi connectivity index (χ0v) is 35.3. The summed E-state index contributed by atoms with van der Waals surface area (Å²) in [6.45, 7) is 6.51. The number of morpholine rings is 1. The minimum atomic E-state index is -2.86. The Bertz CT molecular complexity index is 2710. The molecule has 5 aliphatic rings. The highest BCUT2D eigenvalue weighted by Gasteiger charge is 2.40. The van der Waals surface area contributed by atoms with Crippen molar-refractivity contribution in [2.75, 3.05) is 69.7 Å². The van der Waals surface area contributed by atoms with E-state index in [2.05, 4.69) is 42.1 Å². The van der Waals surface area contributed by atoms with Crippen LogP contribution in [0, 0.1) is 17.8 Å². The lowest BCUT2D eigenvalue weighted by molar-refractivity contribution is -0.149. The second-order valence-electron chi connectivity index (χ2n) is 17.6. The van der Waals surface area contributed by atoms with E-state index in [9.17, 15) is 28.0 Å². The van der Waals surface area contributed by atoms with Gasteiger partial charge in [-0.05, 0) is 62.6 Å². The normalized spacial score (nSPS) is 24.6. The van der Waals surface area contributed by atoms with E-state index in [1.165, 1.54) is 33.1 Å². The van der Waals surface area contributed by atoms with E-state index in [1.807, 2.05) is 24.3 Å². The van der Waals surface area contributed by atoms with Gasteiger partial charge in [0.2, 0.25) is 5.91 Å². The van der Waals surface area contributed by atoms with Gasteiger partial charge >= 0.3 is 5.69 Å². The third-order valence-corrected chi connectivity index (χ3v) is 13.7. The van der Waals surface area contributed by atoms with Crippen LogP contribution < -0.4 is 15.9 Å². The molecular formula is C44H50F2N12O5. The number of nitrogens with zero attached hydrogens (tertiary/aromatic N) is 11. The topological polar surface area (TPSA) is 160 Å². The summed E-state index contributed by atoms with van der Waals surface area (Å²) in [4.78, 5) is 64.9. The predicted molar refractivity (Wildman–Crippen MR) is 228 cm³/mol. The summed E-state index contributed by atoms with van der Waals surface area (Å²) < 4.78 is 40.5. The van der Waals surface area contributed by atoms with Gasteiger partial charge in [0.15, 0.2) is 11.3 Å². The molecular weight excluding hydrogens is 815 g/mol. The number of carbonyl (C=O) groups excluding carboxylic acids is 3. The fraction of sp³-hybridized carbons (Fsp3) is 0.523. The molecule has 4 aromatic heterocycles. The molecule has 330 valence electrons. The molecule has 63 heavy (non-hydrogen) atoms. The molecule has 17 nitrogen and oxygen atoms in total. The van der Waals surface area contributed by atoms with E-state index in [0.29, 0.717) is 41.3 Å². The predicted octanol–water partition coefficient (Wildman–Crippen LogP) is 3.47. The molecule has 1 aliphatic carbocycles. The van der Waals surface area contributed by atoms with Crippen LogP contribution in [0.1, 0.15) is 85.1 Å². The van der Waals surface area contributed by atoms with Crippen LogP contribution in [0.15, 0.2) is 47.7 Å². The molecule has 1 unspecified atom stereocenters. The van der Waals surface area contributed by atoms with Crippen LogP contribution in [0.5, 0.6) is 0 Å². The van der Waals surface area contributed by atoms with Crippen molar-refractivity contribution >= 4 is 45.9 Å². The molecule has 19 heteroatoms. The summed E-state index contributed by atoms with van der Waals surface area (Å²) in [5, 5.41) is 11.3. The van der Waals surface area contributed by atoms with Crippen LogP contribution in [0.3, 0.4) is 0 Å². The van der Waals surface area contributed by atoms with Crippen molar-refractivity contribution < 1.29 is 27.9 Å². The van der Waals surface area contributed by atoms with Crippen molar-refractivity contribution in [3.63, 3.8) is 0 Å². The zero-order valence-electron chi connectivity index (χ0n) is 35.3. The van der Waals surface area contributed by atoms with Crippen LogP contribution in [0.2, 0.25) is 0 Å². The Hall–Kier alpha value is -5.97. The van der Waals surface area contributed by atoms with Crippen molar-refractivity contribution in [3.05, 3.63) is 70.2 Å². The minimum Gasteiger partial charge on any atom is -0.374 e. The Morgan fingerprint density at radius 3 is 2.54 bits per heavy atom. The Morgan fingerprint density at radius 1 is 1.00 bits per heavy atom. The molecule has 4 saturated heterocycles. The highest BCUT2D eigenvalue weighted by Crippen LogP contribution is 2.36. The highest BCUT2D eigenvalue weighted by molar-refractivity contribution is 6.08. The first-order valence-corrected chi connectivity index (χ1v) is 21.9. The zero-order chi connectivity index (χ0) is 43.5. The van der Waals surface area contributed by atoms with Gasteiger partial charge in [-0.2, -0.15) is 10.2 Å². The molecule has 0 spiro atoms. The summed E-state index contributed by atoms with van der Waals surface area (Å²) in [6.07, 6.45) is 6.95. The number of aryl methyl sites for hydroxylation is 1. The maximum absolute atomic E-state index is 14.3. The maximum atomic E-state index is 14.3. The van der Waals surface area contributed by atoms with Gasteiger partial charge in [-0.1, -0.05) is 17.9 Å². The number of piperazine rings is 1. The molecule has 4 aliphatic heterocycles. The van der Waals surface area contributed by atoms with E-state index in [1.54, 1.807) is 17.9 Å². The number of alkyl halides is 2. The fourth-order valence-electron chi connectivity index (χ4n) is 10.2. The fourth-order valence-corrected chi connectivity index (χ4v) is 10.2. The smallest absolute Gasteiger partial charge is 0.329 e. The van der Waals surface area contributed by atoms with Gasteiger partial charge in [-0.25, -0.2) is 23.1 Å². The van der Waals surface area contributed by atoms with Gasteiger partial charge in [0.25, 0.3) is 18.2 Å². The number of hydrogen-bond acceptors (Lipinski definition) is 11. The van der Waals surface area contributed by atoms with Crippen molar-refractivity contribution in [3.8, 4) is 11.8 Å². The van der Waals surface area contributed by atoms with Crippen LogP contribution >= 0.6 is 0 Å². The van der Waals surface area contributed by atoms with Crippen molar-refractivity contribution in [2.45, 2.75) is 75.6 Å². The Morgan fingerprint density at radius 2 is 1.79 bits per heavy atom. The molecule has 1 saturated carbocycles. The average molecular weight is 865 g/mol. The number of anilines is 2. The Labute approximate surface area is 361 Å². The lowest BCUT2D eigenvalue weighted by atomic mass is 9.85. The van der Waals surface area contributed by atoms with Gasteiger partial charge in [-0.3, -0.25) is 38.0 Å². The number of fused-ring (bicyclic) bond motifs is 4. The van der Waals surface area contributed by atoms with Gasteiger partial charge in [0.05, 0.1) is 59.8 Å². The molecule has 0 radical (unpaired) electrons. The third-order valence-electron chi connectivity index (χ3n) is 13.7. The number of rotatable bonds is 9. The van der Waals surface area contributed by atoms with Gasteiger partial charge in [-0.15, -0.1) is 0 Å². The molecule has 5 aromatic rings. The first kappa shape index (κ1) is 41.1. The van der Waals surface area contributed by atoms with E-state index >= 15 is 0 Å². The number of hydrogen-bond donors (Lipinski definition) is 1. The maximum Gasteiger partial charge on any atom is 0.329 e. The summed E-state index contributed by atoms with van der Waals surface area (Å²) in [5.74, 6) is 6.62. The number of ether oxygens (including phenoxy) is 1.